The first-order valence-electron chi connectivity index (χ1n) is 10.9. The molecule has 1 fully saturated rings. The summed E-state index contributed by atoms with van der Waals surface area (Å²) in [5.74, 6) is 0.219. The molecule has 0 radical (unpaired) electrons. The molecule has 1 saturated heterocycles. The van der Waals surface area contributed by atoms with E-state index in [1.54, 1.807) is 12.3 Å². The van der Waals surface area contributed by atoms with Crippen LogP contribution in [0.4, 0.5) is 11.5 Å². The van der Waals surface area contributed by atoms with Crippen LogP contribution in [0.3, 0.4) is 0 Å². The van der Waals surface area contributed by atoms with Crippen molar-refractivity contribution in [3.05, 3.63) is 36.2 Å². The molecule has 0 bridgehead atoms. The molecule has 0 aliphatic carbocycles. The average Bonchev–Trinajstić information content (AvgIpc) is 3.20. The number of nitrogens with one attached hydrogen (secondary N) is 2. The highest BCUT2D eigenvalue weighted by Gasteiger charge is 2.25. The third-order valence-electron chi connectivity index (χ3n) is 5.55. The summed E-state index contributed by atoms with van der Waals surface area (Å²) >= 11 is 0. The number of methoxy groups -OCH3 is 1. The molecule has 1 aliphatic rings. The lowest BCUT2D eigenvalue weighted by Crippen LogP contribution is -2.54. The summed E-state index contributed by atoms with van der Waals surface area (Å²) < 4.78 is 7.06. The summed E-state index contributed by atoms with van der Waals surface area (Å²) in [4.78, 5) is 24.4. The molecule has 32 heavy (non-hydrogen) atoms. The fraction of sp³-hybridized carbons (Fsp3) is 0.478. The second kappa shape index (κ2) is 8.38. The number of piperazine rings is 1. The minimum Gasteiger partial charge on any atom is -0.467 e. The van der Waals surface area contributed by atoms with Crippen molar-refractivity contribution in [3.8, 4) is 6.01 Å². The maximum absolute atomic E-state index is 13.2. The van der Waals surface area contributed by atoms with Gasteiger partial charge in [-0.15, -0.1) is 0 Å². The van der Waals surface area contributed by atoms with Crippen LogP contribution >= 0.6 is 0 Å². The van der Waals surface area contributed by atoms with Gasteiger partial charge in [-0.1, -0.05) is 0 Å². The number of benzene rings is 1. The van der Waals surface area contributed by atoms with E-state index in [-0.39, 0.29) is 17.5 Å². The zero-order valence-electron chi connectivity index (χ0n) is 19.5. The van der Waals surface area contributed by atoms with E-state index < -0.39 is 0 Å². The lowest BCUT2D eigenvalue weighted by Gasteiger charge is -2.38. The van der Waals surface area contributed by atoms with Gasteiger partial charge in [-0.2, -0.15) is 10.1 Å². The second-order valence-electron chi connectivity index (χ2n) is 9.40. The van der Waals surface area contributed by atoms with Crippen LogP contribution in [0.15, 0.2) is 30.6 Å². The van der Waals surface area contributed by atoms with Gasteiger partial charge in [0.25, 0.3) is 5.91 Å². The SMILES string of the molecule is COc1ncc2c(N3C[C@H](C)N[C@@H](C)C3)ccc(C(=O)Nc3ccn(C(C)(C)C)n3)c2n1. The Labute approximate surface area is 188 Å². The Hall–Kier alpha value is -3.20. The molecule has 0 spiro atoms. The van der Waals surface area contributed by atoms with E-state index in [0.717, 1.165) is 24.2 Å². The van der Waals surface area contributed by atoms with Crippen molar-refractivity contribution in [2.24, 2.45) is 0 Å². The van der Waals surface area contributed by atoms with Crippen LogP contribution in [0.1, 0.15) is 45.0 Å². The number of aromatic nitrogens is 4. The number of carbonyl (C=O) groups is 1. The Morgan fingerprint density at radius 3 is 2.53 bits per heavy atom. The van der Waals surface area contributed by atoms with E-state index in [4.69, 9.17) is 4.74 Å². The number of anilines is 2. The average molecular weight is 438 g/mol. The smallest absolute Gasteiger partial charge is 0.316 e. The molecule has 3 aromatic rings. The number of amides is 1. The normalized spacial score (nSPS) is 19.2. The zero-order chi connectivity index (χ0) is 23.0. The first-order valence-corrected chi connectivity index (χ1v) is 10.9. The fourth-order valence-electron chi connectivity index (χ4n) is 4.12. The number of ether oxygens (including phenoxy) is 1. The number of carbonyl (C=O) groups excluding carboxylic acids is 1. The molecule has 2 N–H and O–H groups in total. The predicted molar refractivity (Wildman–Crippen MR) is 126 cm³/mol. The quantitative estimate of drug-likeness (QED) is 0.647. The van der Waals surface area contributed by atoms with E-state index >= 15 is 0 Å². The predicted octanol–water partition coefficient (Wildman–Crippen LogP) is 3.03. The lowest BCUT2D eigenvalue weighted by atomic mass is 10.0. The molecular weight excluding hydrogens is 406 g/mol. The van der Waals surface area contributed by atoms with Crippen LogP contribution in [-0.4, -0.2) is 57.9 Å². The molecule has 170 valence electrons. The zero-order valence-corrected chi connectivity index (χ0v) is 19.5. The van der Waals surface area contributed by atoms with Crippen molar-refractivity contribution < 1.29 is 9.53 Å². The van der Waals surface area contributed by atoms with E-state index in [2.05, 4.69) is 65.2 Å². The van der Waals surface area contributed by atoms with Crippen molar-refractivity contribution >= 4 is 28.3 Å². The molecule has 0 unspecified atom stereocenters. The van der Waals surface area contributed by atoms with Gasteiger partial charge in [-0.25, -0.2) is 4.98 Å². The van der Waals surface area contributed by atoms with Crippen LogP contribution in [0.5, 0.6) is 6.01 Å². The molecule has 1 amide bonds. The molecule has 4 rings (SSSR count). The maximum atomic E-state index is 13.2. The molecular formula is C23H31N7O2. The van der Waals surface area contributed by atoms with Gasteiger partial charge in [0.1, 0.15) is 0 Å². The van der Waals surface area contributed by atoms with E-state index in [9.17, 15) is 4.79 Å². The highest BCUT2D eigenvalue weighted by Crippen LogP contribution is 2.31. The van der Waals surface area contributed by atoms with Crippen molar-refractivity contribution in [1.29, 1.82) is 0 Å². The van der Waals surface area contributed by atoms with Gasteiger partial charge in [0.15, 0.2) is 5.82 Å². The number of hydrogen-bond donors (Lipinski definition) is 2. The van der Waals surface area contributed by atoms with Crippen molar-refractivity contribution in [2.75, 3.05) is 30.4 Å². The van der Waals surface area contributed by atoms with Crippen LogP contribution in [-0.2, 0) is 5.54 Å². The Morgan fingerprint density at radius 2 is 1.91 bits per heavy atom. The van der Waals surface area contributed by atoms with Gasteiger partial charge >= 0.3 is 6.01 Å². The molecule has 1 aliphatic heterocycles. The summed E-state index contributed by atoms with van der Waals surface area (Å²) in [5.41, 5.74) is 1.85. The number of hydrogen-bond acceptors (Lipinski definition) is 7. The summed E-state index contributed by atoms with van der Waals surface area (Å²) in [6, 6.07) is 6.52. The third-order valence-corrected chi connectivity index (χ3v) is 5.55. The fourth-order valence-corrected chi connectivity index (χ4v) is 4.12. The number of rotatable bonds is 4. The molecule has 0 saturated carbocycles. The molecule has 1 aromatic carbocycles. The van der Waals surface area contributed by atoms with Gasteiger partial charge in [0.2, 0.25) is 0 Å². The van der Waals surface area contributed by atoms with Gasteiger partial charge in [-0.3, -0.25) is 9.48 Å². The highest BCUT2D eigenvalue weighted by molar-refractivity contribution is 6.13. The Kier molecular flexibility index (Phi) is 5.77. The molecule has 3 heterocycles. The summed E-state index contributed by atoms with van der Waals surface area (Å²) in [6.45, 7) is 12.2. The van der Waals surface area contributed by atoms with Gasteiger partial charge in [0, 0.05) is 54.7 Å². The molecule has 9 nitrogen and oxygen atoms in total. The van der Waals surface area contributed by atoms with Crippen LogP contribution < -0.4 is 20.3 Å². The molecule has 9 heteroatoms. The van der Waals surface area contributed by atoms with Crippen LogP contribution in [0.2, 0.25) is 0 Å². The monoisotopic (exact) mass is 437 g/mol. The lowest BCUT2D eigenvalue weighted by molar-refractivity contribution is 0.102. The van der Waals surface area contributed by atoms with E-state index in [1.165, 1.54) is 7.11 Å². The van der Waals surface area contributed by atoms with Crippen LogP contribution in [0.25, 0.3) is 10.9 Å². The maximum Gasteiger partial charge on any atom is 0.316 e. The van der Waals surface area contributed by atoms with Crippen molar-refractivity contribution in [2.45, 2.75) is 52.2 Å². The van der Waals surface area contributed by atoms with E-state index in [0.29, 0.717) is 29.0 Å². The third kappa shape index (κ3) is 4.38. The summed E-state index contributed by atoms with van der Waals surface area (Å²) in [5, 5.41) is 11.7. The minimum atomic E-state index is -0.275. The van der Waals surface area contributed by atoms with Gasteiger partial charge < -0.3 is 20.3 Å². The number of fused-ring (bicyclic) bond motifs is 1. The topological polar surface area (TPSA) is 97.2 Å². The standard InChI is InChI=1S/C23H31N7O2/c1-14-12-29(13-15(2)25-14)18-8-7-16(20-17(18)11-24-22(27-20)32-6)21(31)26-19-9-10-30(28-19)23(3,4)5/h7-11,14-15,25H,12-13H2,1-6H3,(H,26,28,31)/t14-,15-/m0/s1. The summed E-state index contributed by atoms with van der Waals surface area (Å²) in [7, 11) is 1.52. The van der Waals surface area contributed by atoms with Crippen molar-refractivity contribution in [1.82, 2.24) is 25.1 Å². The minimum absolute atomic E-state index is 0.171. The Balaban J connectivity index is 1.71. The second-order valence-corrected chi connectivity index (χ2v) is 9.40. The van der Waals surface area contributed by atoms with Crippen molar-refractivity contribution in [3.63, 3.8) is 0 Å². The molecule has 2 atom stereocenters. The summed E-state index contributed by atoms with van der Waals surface area (Å²) in [6.07, 6.45) is 3.59. The van der Waals surface area contributed by atoms with E-state index in [1.807, 2.05) is 23.0 Å². The molecule has 2 aromatic heterocycles. The van der Waals surface area contributed by atoms with Gasteiger partial charge in [-0.05, 0) is 46.8 Å². The van der Waals surface area contributed by atoms with Crippen LogP contribution in [0, 0.1) is 0 Å². The largest absolute Gasteiger partial charge is 0.467 e. The van der Waals surface area contributed by atoms with Gasteiger partial charge in [0.05, 0.1) is 23.7 Å². The first-order chi connectivity index (χ1) is 15.2. The Bertz CT molecular complexity index is 1130. The number of nitrogens with zero attached hydrogens (tertiary/aromatic N) is 5. The Morgan fingerprint density at radius 1 is 1.19 bits per heavy atom. The first kappa shape index (κ1) is 22.0. The highest BCUT2D eigenvalue weighted by atomic mass is 16.5.